The fraction of sp³-hybridized carbons (Fsp3) is 0.478. The van der Waals surface area contributed by atoms with Gasteiger partial charge in [0.05, 0.1) is 6.04 Å². The van der Waals surface area contributed by atoms with Crippen molar-refractivity contribution in [2.45, 2.75) is 64.5 Å². The average Bonchev–Trinajstić information content (AvgIpc) is 2.66. The van der Waals surface area contributed by atoms with Gasteiger partial charge >= 0.3 is 6.09 Å². The number of hydrogen-bond acceptors (Lipinski definition) is 2. The quantitative estimate of drug-likeness (QED) is 0.706. The highest BCUT2D eigenvalue weighted by Gasteiger charge is 2.39. The molecule has 4 heteroatoms. The van der Waals surface area contributed by atoms with Crippen molar-refractivity contribution in [1.29, 1.82) is 0 Å². The predicted molar refractivity (Wildman–Crippen MR) is 109 cm³/mol. The van der Waals surface area contributed by atoms with E-state index in [1.54, 1.807) is 4.90 Å². The number of carbonyl (C=O) groups is 1. The number of rotatable bonds is 4. The van der Waals surface area contributed by atoms with Gasteiger partial charge in [-0.2, -0.15) is 0 Å². The van der Waals surface area contributed by atoms with Crippen molar-refractivity contribution in [2.24, 2.45) is 5.92 Å². The lowest BCUT2D eigenvalue weighted by atomic mass is 9.79. The maximum absolute atomic E-state index is 12.3. The van der Waals surface area contributed by atoms with Crippen molar-refractivity contribution < 1.29 is 9.90 Å². The van der Waals surface area contributed by atoms with Crippen LogP contribution in [0.4, 0.5) is 4.79 Å². The molecule has 1 aliphatic rings. The standard InChI is InChI=1S/C23H30N2O2/c1-23(2,3)25(22(26)27)21(18-12-8-5-9-13-18)20-14-19(15-24-16-20)17-10-6-4-7-11-17/h4,6-7,10-11,14-16,18,21H,5,8-9,12-13H2,1-3H3,(H,26,27). The molecule has 1 aliphatic carbocycles. The fourth-order valence-corrected chi connectivity index (χ4v) is 4.31. The van der Waals surface area contributed by atoms with Crippen molar-refractivity contribution >= 4 is 6.09 Å². The molecule has 0 bridgehead atoms. The van der Waals surface area contributed by atoms with Crippen molar-refractivity contribution in [3.05, 3.63) is 54.4 Å². The second-order valence-electron chi connectivity index (χ2n) is 8.54. The van der Waals surface area contributed by atoms with E-state index >= 15 is 0 Å². The summed E-state index contributed by atoms with van der Waals surface area (Å²) in [6.07, 6.45) is 8.58. The van der Waals surface area contributed by atoms with E-state index in [0.29, 0.717) is 5.92 Å². The first-order chi connectivity index (χ1) is 12.9. The lowest BCUT2D eigenvalue weighted by Crippen LogP contribution is -2.49. The van der Waals surface area contributed by atoms with Gasteiger partial charge in [0.2, 0.25) is 0 Å². The minimum atomic E-state index is -0.858. The SMILES string of the molecule is CC(C)(C)N(C(=O)O)C(c1cncc(-c2ccccc2)c1)C1CCCCC1. The summed E-state index contributed by atoms with van der Waals surface area (Å²) < 4.78 is 0. The van der Waals surface area contributed by atoms with E-state index in [9.17, 15) is 9.90 Å². The van der Waals surface area contributed by atoms with Crippen LogP contribution in [0.2, 0.25) is 0 Å². The van der Waals surface area contributed by atoms with Crippen LogP contribution in [0.15, 0.2) is 48.8 Å². The summed E-state index contributed by atoms with van der Waals surface area (Å²) in [5.74, 6) is 0.335. The first-order valence-corrected chi connectivity index (χ1v) is 9.90. The van der Waals surface area contributed by atoms with E-state index in [1.807, 2.05) is 51.4 Å². The normalized spacial score (nSPS) is 16.7. The van der Waals surface area contributed by atoms with E-state index in [4.69, 9.17) is 0 Å². The fourth-order valence-electron chi connectivity index (χ4n) is 4.31. The molecule has 1 fully saturated rings. The number of pyridine rings is 1. The molecule has 4 nitrogen and oxygen atoms in total. The van der Waals surface area contributed by atoms with Crippen molar-refractivity contribution in [3.8, 4) is 11.1 Å². The van der Waals surface area contributed by atoms with Crippen LogP contribution >= 0.6 is 0 Å². The smallest absolute Gasteiger partial charge is 0.408 e. The molecule has 1 aromatic carbocycles. The first kappa shape index (κ1) is 19.4. The van der Waals surface area contributed by atoms with Crippen LogP contribution in [0.25, 0.3) is 11.1 Å². The van der Waals surface area contributed by atoms with Gasteiger partial charge in [-0.1, -0.05) is 49.6 Å². The van der Waals surface area contributed by atoms with Gasteiger partial charge in [0.15, 0.2) is 0 Å². The second kappa shape index (κ2) is 8.12. The van der Waals surface area contributed by atoms with Crippen molar-refractivity contribution in [3.63, 3.8) is 0 Å². The molecular weight excluding hydrogens is 336 g/mol. The Hall–Kier alpha value is -2.36. The zero-order valence-corrected chi connectivity index (χ0v) is 16.6. The van der Waals surface area contributed by atoms with Crippen LogP contribution in [0.3, 0.4) is 0 Å². The molecule has 1 heterocycles. The summed E-state index contributed by atoms with van der Waals surface area (Å²) in [6.45, 7) is 5.93. The van der Waals surface area contributed by atoms with Gasteiger partial charge in [0, 0.05) is 23.5 Å². The highest BCUT2D eigenvalue weighted by atomic mass is 16.4. The maximum Gasteiger partial charge on any atom is 0.408 e. The van der Waals surface area contributed by atoms with E-state index in [1.165, 1.54) is 19.3 Å². The second-order valence-corrected chi connectivity index (χ2v) is 8.54. The molecule has 1 unspecified atom stereocenters. The Kier molecular flexibility index (Phi) is 5.83. The highest BCUT2D eigenvalue weighted by molar-refractivity contribution is 5.68. The van der Waals surface area contributed by atoms with E-state index in [2.05, 4.69) is 23.2 Å². The van der Waals surface area contributed by atoms with E-state index < -0.39 is 11.6 Å². The Morgan fingerprint density at radius 3 is 2.33 bits per heavy atom. The van der Waals surface area contributed by atoms with Gasteiger partial charge in [-0.25, -0.2) is 4.79 Å². The van der Waals surface area contributed by atoms with Gasteiger partial charge in [0.1, 0.15) is 0 Å². The minimum Gasteiger partial charge on any atom is -0.465 e. The lowest BCUT2D eigenvalue weighted by molar-refractivity contribution is 0.0389. The molecule has 1 aromatic heterocycles. The van der Waals surface area contributed by atoms with Gasteiger partial charge in [-0.05, 0) is 56.7 Å². The molecule has 144 valence electrons. The largest absolute Gasteiger partial charge is 0.465 e. The molecule has 2 aromatic rings. The summed E-state index contributed by atoms with van der Waals surface area (Å²) >= 11 is 0. The van der Waals surface area contributed by atoms with Gasteiger partial charge in [-0.3, -0.25) is 9.88 Å². The van der Waals surface area contributed by atoms with Crippen molar-refractivity contribution in [1.82, 2.24) is 9.88 Å². The number of carboxylic acid groups (broad SMARTS) is 1. The minimum absolute atomic E-state index is 0.168. The monoisotopic (exact) mass is 366 g/mol. The van der Waals surface area contributed by atoms with Crippen molar-refractivity contribution in [2.75, 3.05) is 0 Å². The number of amides is 1. The van der Waals surface area contributed by atoms with Crippen LogP contribution in [-0.2, 0) is 0 Å². The third-order valence-electron chi connectivity index (χ3n) is 5.51. The van der Waals surface area contributed by atoms with Crippen LogP contribution < -0.4 is 0 Å². The zero-order chi connectivity index (χ0) is 19.4. The molecule has 1 N–H and O–H groups in total. The summed E-state index contributed by atoms with van der Waals surface area (Å²) in [5, 5.41) is 10.1. The summed E-state index contributed by atoms with van der Waals surface area (Å²) in [6, 6.07) is 12.1. The molecule has 1 amide bonds. The molecule has 27 heavy (non-hydrogen) atoms. The first-order valence-electron chi connectivity index (χ1n) is 9.90. The molecule has 0 saturated heterocycles. The molecule has 0 radical (unpaired) electrons. The predicted octanol–water partition coefficient (Wildman–Crippen LogP) is 6.15. The number of nitrogens with zero attached hydrogens (tertiary/aromatic N) is 2. The third-order valence-corrected chi connectivity index (χ3v) is 5.51. The summed E-state index contributed by atoms with van der Waals surface area (Å²) in [5.41, 5.74) is 2.66. The topological polar surface area (TPSA) is 53.4 Å². The van der Waals surface area contributed by atoms with Crippen LogP contribution in [0.5, 0.6) is 0 Å². The third kappa shape index (κ3) is 4.49. The van der Waals surface area contributed by atoms with Gasteiger partial charge in [0.25, 0.3) is 0 Å². The van der Waals surface area contributed by atoms with E-state index in [-0.39, 0.29) is 6.04 Å². The molecule has 0 aliphatic heterocycles. The average molecular weight is 367 g/mol. The van der Waals surface area contributed by atoms with Crippen LogP contribution in [-0.4, -0.2) is 26.6 Å². The zero-order valence-electron chi connectivity index (χ0n) is 16.6. The maximum atomic E-state index is 12.3. The molecule has 1 atom stereocenters. The summed E-state index contributed by atoms with van der Waals surface area (Å²) in [7, 11) is 0. The van der Waals surface area contributed by atoms with Crippen LogP contribution in [0, 0.1) is 5.92 Å². The highest BCUT2D eigenvalue weighted by Crippen LogP contribution is 2.42. The lowest BCUT2D eigenvalue weighted by Gasteiger charge is -2.44. The van der Waals surface area contributed by atoms with Gasteiger partial charge < -0.3 is 5.11 Å². The number of benzene rings is 1. The molecule has 1 saturated carbocycles. The Morgan fingerprint density at radius 2 is 1.74 bits per heavy atom. The molecule has 0 spiro atoms. The van der Waals surface area contributed by atoms with Crippen LogP contribution in [0.1, 0.15) is 64.5 Å². The Balaban J connectivity index is 2.06. The number of aromatic nitrogens is 1. The molecular formula is C23H30N2O2. The Morgan fingerprint density at radius 1 is 1.07 bits per heavy atom. The Labute approximate surface area is 162 Å². The number of hydrogen-bond donors (Lipinski definition) is 1. The van der Waals surface area contributed by atoms with E-state index in [0.717, 1.165) is 29.5 Å². The summed E-state index contributed by atoms with van der Waals surface area (Å²) in [4.78, 5) is 18.4. The molecule has 3 rings (SSSR count). The van der Waals surface area contributed by atoms with Gasteiger partial charge in [-0.15, -0.1) is 0 Å². The Bertz CT molecular complexity index is 761.